The van der Waals surface area contributed by atoms with Gasteiger partial charge in [0.2, 0.25) is 5.91 Å². The van der Waals surface area contributed by atoms with Crippen molar-refractivity contribution in [2.45, 2.75) is 39.2 Å². The summed E-state index contributed by atoms with van der Waals surface area (Å²) in [6.45, 7) is 4.92. The number of fused-ring (bicyclic) bond motifs is 1. The Morgan fingerprint density at radius 2 is 2.19 bits per heavy atom. The molecule has 0 bridgehead atoms. The van der Waals surface area contributed by atoms with E-state index in [2.05, 4.69) is 5.32 Å². The first-order valence-electron chi connectivity index (χ1n) is 7.50. The van der Waals surface area contributed by atoms with Crippen molar-refractivity contribution in [3.63, 3.8) is 0 Å². The lowest BCUT2D eigenvalue weighted by Crippen LogP contribution is -2.47. The fourth-order valence-electron chi connectivity index (χ4n) is 2.80. The van der Waals surface area contributed by atoms with E-state index in [-0.39, 0.29) is 11.9 Å². The van der Waals surface area contributed by atoms with Crippen molar-refractivity contribution in [1.82, 2.24) is 5.32 Å². The molecule has 2 rings (SSSR count). The average molecular weight is 311 g/mol. The van der Waals surface area contributed by atoms with E-state index in [9.17, 15) is 4.79 Å². The second kappa shape index (κ2) is 6.67. The maximum atomic E-state index is 12.7. The SMILES string of the molecule is CCC(CC)(CN)C(=O)NC1CCOc2c(Cl)cccc21. The van der Waals surface area contributed by atoms with Gasteiger partial charge in [-0.15, -0.1) is 0 Å². The predicted octanol–water partition coefficient (Wildman–Crippen LogP) is 3.04. The number of para-hydroxylation sites is 1. The van der Waals surface area contributed by atoms with Crippen LogP contribution in [-0.2, 0) is 4.79 Å². The monoisotopic (exact) mass is 310 g/mol. The second-order valence-electron chi connectivity index (χ2n) is 5.51. The number of benzene rings is 1. The summed E-state index contributed by atoms with van der Waals surface area (Å²) in [5.41, 5.74) is 6.30. The zero-order chi connectivity index (χ0) is 15.5. The first-order valence-corrected chi connectivity index (χ1v) is 7.88. The third-order valence-electron chi connectivity index (χ3n) is 4.56. The number of carbonyl (C=O) groups excluding carboxylic acids is 1. The van der Waals surface area contributed by atoms with E-state index in [0.717, 1.165) is 24.8 Å². The predicted molar refractivity (Wildman–Crippen MR) is 84.5 cm³/mol. The lowest BCUT2D eigenvalue weighted by molar-refractivity contribution is -0.132. The summed E-state index contributed by atoms with van der Waals surface area (Å²) in [7, 11) is 0. The zero-order valence-corrected chi connectivity index (χ0v) is 13.4. The van der Waals surface area contributed by atoms with Crippen LogP contribution in [0.15, 0.2) is 18.2 Å². The smallest absolute Gasteiger partial charge is 0.227 e. The Morgan fingerprint density at radius 1 is 1.48 bits per heavy atom. The van der Waals surface area contributed by atoms with Gasteiger partial charge in [0.15, 0.2) is 0 Å². The van der Waals surface area contributed by atoms with Gasteiger partial charge in [-0.2, -0.15) is 0 Å². The molecule has 0 spiro atoms. The Bertz CT molecular complexity index is 507. The second-order valence-corrected chi connectivity index (χ2v) is 5.92. The third-order valence-corrected chi connectivity index (χ3v) is 4.85. The quantitative estimate of drug-likeness (QED) is 0.878. The third kappa shape index (κ3) is 3.01. The standard InChI is InChI=1S/C16H23ClN2O2/c1-3-16(4-2,10-18)15(20)19-13-8-9-21-14-11(13)6-5-7-12(14)17/h5-7,13H,3-4,8-10,18H2,1-2H3,(H,19,20). The summed E-state index contributed by atoms with van der Waals surface area (Å²) in [5, 5.41) is 3.72. The zero-order valence-electron chi connectivity index (χ0n) is 12.6. The first kappa shape index (κ1) is 16.1. The number of hydrogen-bond acceptors (Lipinski definition) is 3. The van der Waals surface area contributed by atoms with Gasteiger partial charge in [-0.3, -0.25) is 4.79 Å². The van der Waals surface area contributed by atoms with Crippen LogP contribution in [-0.4, -0.2) is 19.1 Å². The minimum absolute atomic E-state index is 0.0211. The van der Waals surface area contributed by atoms with E-state index < -0.39 is 5.41 Å². The highest BCUT2D eigenvalue weighted by atomic mass is 35.5. The van der Waals surface area contributed by atoms with Crippen LogP contribution in [0.1, 0.15) is 44.7 Å². The average Bonchev–Trinajstić information content (AvgIpc) is 2.51. The Hall–Kier alpha value is -1.26. The van der Waals surface area contributed by atoms with Gasteiger partial charge in [0.25, 0.3) is 0 Å². The van der Waals surface area contributed by atoms with Gasteiger partial charge in [-0.25, -0.2) is 0 Å². The van der Waals surface area contributed by atoms with Gasteiger partial charge in [-0.1, -0.05) is 37.6 Å². The highest BCUT2D eigenvalue weighted by molar-refractivity contribution is 6.32. The van der Waals surface area contributed by atoms with Gasteiger partial charge in [0.1, 0.15) is 5.75 Å². The molecule has 1 aromatic rings. The molecule has 0 fully saturated rings. The van der Waals surface area contributed by atoms with Gasteiger partial charge in [0, 0.05) is 18.5 Å². The number of hydrogen-bond donors (Lipinski definition) is 2. The molecule has 1 heterocycles. The Balaban J connectivity index is 2.22. The van der Waals surface area contributed by atoms with E-state index in [1.807, 2.05) is 26.0 Å². The number of nitrogens with two attached hydrogens (primary N) is 1. The first-order chi connectivity index (χ1) is 10.1. The lowest BCUT2D eigenvalue weighted by atomic mass is 9.81. The molecule has 0 radical (unpaired) electrons. The van der Waals surface area contributed by atoms with Crippen molar-refractivity contribution < 1.29 is 9.53 Å². The molecule has 4 nitrogen and oxygen atoms in total. The van der Waals surface area contributed by atoms with Crippen LogP contribution in [0.25, 0.3) is 0 Å². The van der Waals surface area contributed by atoms with Crippen molar-refractivity contribution in [3.8, 4) is 5.75 Å². The molecule has 1 aromatic carbocycles. The highest BCUT2D eigenvalue weighted by Gasteiger charge is 2.35. The van der Waals surface area contributed by atoms with E-state index in [1.54, 1.807) is 6.07 Å². The molecule has 1 aliphatic heterocycles. The van der Waals surface area contributed by atoms with E-state index in [4.69, 9.17) is 22.1 Å². The van der Waals surface area contributed by atoms with E-state index in [1.165, 1.54) is 0 Å². The molecule has 0 saturated heterocycles. The molecule has 1 atom stereocenters. The number of rotatable bonds is 5. The summed E-state index contributed by atoms with van der Waals surface area (Å²) in [6.07, 6.45) is 2.21. The van der Waals surface area contributed by atoms with Crippen molar-refractivity contribution in [2.24, 2.45) is 11.1 Å². The summed E-state index contributed by atoms with van der Waals surface area (Å²) in [5.74, 6) is 0.704. The van der Waals surface area contributed by atoms with Gasteiger partial charge < -0.3 is 15.8 Å². The van der Waals surface area contributed by atoms with Gasteiger partial charge >= 0.3 is 0 Å². The fourth-order valence-corrected chi connectivity index (χ4v) is 3.04. The molecule has 0 saturated carbocycles. The topological polar surface area (TPSA) is 64.4 Å². The molecule has 3 N–H and O–H groups in total. The molecular formula is C16H23ClN2O2. The largest absolute Gasteiger partial charge is 0.492 e. The minimum atomic E-state index is -0.489. The van der Waals surface area contributed by atoms with Crippen LogP contribution in [0, 0.1) is 5.41 Å². The molecule has 5 heteroatoms. The maximum Gasteiger partial charge on any atom is 0.227 e. The van der Waals surface area contributed by atoms with Crippen molar-refractivity contribution >= 4 is 17.5 Å². The number of nitrogens with one attached hydrogen (secondary N) is 1. The molecule has 1 unspecified atom stereocenters. The number of carbonyl (C=O) groups is 1. The van der Waals surface area contributed by atoms with Gasteiger partial charge in [-0.05, 0) is 18.9 Å². The van der Waals surface area contributed by atoms with Crippen LogP contribution < -0.4 is 15.8 Å². The van der Waals surface area contributed by atoms with Crippen LogP contribution in [0.3, 0.4) is 0 Å². The lowest BCUT2D eigenvalue weighted by Gasteiger charge is -2.33. The van der Waals surface area contributed by atoms with Crippen LogP contribution in [0.5, 0.6) is 5.75 Å². The number of amides is 1. The van der Waals surface area contributed by atoms with Gasteiger partial charge in [0.05, 0.1) is 23.1 Å². The summed E-state index contributed by atoms with van der Waals surface area (Å²) < 4.78 is 5.62. The summed E-state index contributed by atoms with van der Waals surface area (Å²) in [4.78, 5) is 12.7. The molecule has 21 heavy (non-hydrogen) atoms. The van der Waals surface area contributed by atoms with Crippen molar-refractivity contribution in [3.05, 3.63) is 28.8 Å². The fraction of sp³-hybridized carbons (Fsp3) is 0.562. The Labute approximate surface area is 131 Å². The van der Waals surface area contributed by atoms with Crippen molar-refractivity contribution in [2.75, 3.05) is 13.2 Å². The van der Waals surface area contributed by atoms with Crippen LogP contribution in [0.2, 0.25) is 5.02 Å². The van der Waals surface area contributed by atoms with Crippen LogP contribution >= 0.6 is 11.6 Å². The Morgan fingerprint density at radius 3 is 2.81 bits per heavy atom. The molecule has 1 amide bonds. The highest BCUT2D eigenvalue weighted by Crippen LogP contribution is 2.38. The molecule has 0 aromatic heterocycles. The molecule has 1 aliphatic rings. The molecular weight excluding hydrogens is 288 g/mol. The summed E-state index contributed by atoms with van der Waals surface area (Å²) >= 11 is 6.16. The Kier molecular flexibility index (Phi) is 5.12. The number of halogens is 1. The molecule has 116 valence electrons. The molecule has 0 aliphatic carbocycles. The number of ether oxygens (including phenoxy) is 1. The normalized spacial score (nSPS) is 17.8. The summed E-state index contributed by atoms with van der Waals surface area (Å²) in [6, 6.07) is 5.56. The minimum Gasteiger partial charge on any atom is -0.492 e. The van der Waals surface area contributed by atoms with E-state index in [0.29, 0.717) is 23.9 Å². The van der Waals surface area contributed by atoms with Crippen molar-refractivity contribution in [1.29, 1.82) is 0 Å². The van der Waals surface area contributed by atoms with E-state index >= 15 is 0 Å². The van der Waals surface area contributed by atoms with Crippen LogP contribution in [0.4, 0.5) is 0 Å². The maximum absolute atomic E-state index is 12.7.